The van der Waals surface area contributed by atoms with Crippen LogP contribution in [0.3, 0.4) is 0 Å². The van der Waals surface area contributed by atoms with Crippen molar-refractivity contribution in [3.8, 4) is 0 Å². The lowest BCUT2D eigenvalue weighted by molar-refractivity contribution is 0.457. The van der Waals surface area contributed by atoms with Crippen LogP contribution >= 0.6 is 12.4 Å². The second kappa shape index (κ2) is 7.59. The van der Waals surface area contributed by atoms with Crippen molar-refractivity contribution < 1.29 is 12.8 Å². The summed E-state index contributed by atoms with van der Waals surface area (Å²) in [6.07, 6.45) is 7.60. The number of furan rings is 1. The maximum absolute atomic E-state index is 11.9. The molecule has 154 valence electrons. The number of aromatic nitrogens is 2. The molecule has 1 aromatic carbocycles. The molecule has 0 spiro atoms. The maximum atomic E-state index is 11.9. The molecular weight excluding hydrogens is 412 g/mol. The summed E-state index contributed by atoms with van der Waals surface area (Å²) < 4.78 is 29.7. The van der Waals surface area contributed by atoms with Crippen molar-refractivity contribution in [3.05, 3.63) is 41.9 Å². The van der Waals surface area contributed by atoms with Crippen LogP contribution in [0.25, 0.3) is 11.1 Å². The minimum Gasteiger partial charge on any atom is -0.458 e. The number of hydrogen-bond acceptors (Lipinski definition) is 7. The van der Waals surface area contributed by atoms with Crippen LogP contribution in [0.15, 0.2) is 40.1 Å². The van der Waals surface area contributed by atoms with E-state index in [0.717, 1.165) is 67.0 Å². The van der Waals surface area contributed by atoms with Crippen LogP contribution in [0.5, 0.6) is 0 Å². The van der Waals surface area contributed by atoms with E-state index in [9.17, 15) is 8.42 Å². The van der Waals surface area contributed by atoms with Crippen molar-refractivity contribution in [2.45, 2.75) is 30.1 Å². The van der Waals surface area contributed by atoms with E-state index in [-0.39, 0.29) is 12.4 Å². The number of nitrogens with zero attached hydrogens (tertiary/aromatic N) is 3. The summed E-state index contributed by atoms with van der Waals surface area (Å²) in [5.74, 6) is 1.20. The fraction of sp³-hybridized carbons (Fsp3) is 0.400. The molecule has 0 radical (unpaired) electrons. The van der Waals surface area contributed by atoms with E-state index in [1.807, 2.05) is 12.3 Å². The first-order valence-electron chi connectivity index (χ1n) is 9.56. The number of hydrogen-bond donors (Lipinski definition) is 1. The Hall–Kier alpha value is -2.16. The predicted octanol–water partition coefficient (Wildman–Crippen LogP) is 3.21. The number of piperidine rings is 1. The maximum Gasteiger partial charge on any atom is 0.195 e. The van der Waals surface area contributed by atoms with Gasteiger partial charge < -0.3 is 14.6 Å². The zero-order valence-electron chi connectivity index (χ0n) is 16.1. The van der Waals surface area contributed by atoms with Crippen LogP contribution in [-0.4, -0.2) is 44.3 Å². The molecule has 5 rings (SSSR count). The second-order valence-corrected chi connectivity index (χ2v) is 9.57. The van der Waals surface area contributed by atoms with Crippen LogP contribution in [0, 0.1) is 0 Å². The van der Waals surface area contributed by atoms with Crippen molar-refractivity contribution >= 4 is 44.8 Å². The van der Waals surface area contributed by atoms with Crippen LogP contribution in [0.4, 0.5) is 11.5 Å². The molecular formula is C20H23ClN4O3S. The van der Waals surface area contributed by atoms with Gasteiger partial charge in [-0.25, -0.2) is 18.4 Å². The quantitative estimate of drug-likeness (QED) is 0.677. The van der Waals surface area contributed by atoms with Gasteiger partial charge in [-0.15, -0.1) is 12.4 Å². The predicted molar refractivity (Wildman–Crippen MR) is 114 cm³/mol. The zero-order chi connectivity index (χ0) is 19.3. The molecule has 9 heteroatoms. The Morgan fingerprint density at radius 1 is 1.21 bits per heavy atom. The highest BCUT2D eigenvalue weighted by atomic mass is 35.5. The van der Waals surface area contributed by atoms with E-state index in [4.69, 9.17) is 4.42 Å². The summed E-state index contributed by atoms with van der Waals surface area (Å²) in [5, 5.41) is 3.39. The molecule has 1 saturated heterocycles. The number of rotatable bonds is 3. The van der Waals surface area contributed by atoms with E-state index in [1.165, 1.54) is 6.26 Å². The highest BCUT2D eigenvalue weighted by Crippen LogP contribution is 2.40. The molecule has 2 aliphatic heterocycles. The van der Waals surface area contributed by atoms with E-state index < -0.39 is 9.84 Å². The van der Waals surface area contributed by atoms with Gasteiger partial charge in [-0.05, 0) is 62.0 Å². The van der Waals surface area contributed by atoms with Gasteiger partial charge in [0, 0.05) is 24.1 Å². The summed E-state index contributed by atoms with van der Waals surface area (Å²) >= 11 is 0. The summed E-state index contributed by atoms with van der Waals surface area (Å²) in [6.45, 7) is 2.76. The smallest absolute Gasteiger partial charge is 0.195 e. The minimum absolute atomic E-state index is 0. The van der Waals surface area contributed by atoms with Gasteiger partial charge in [-0.2, -0.15) is 0 Å². The molecule has 4 heterocycles. The lowest BCUT2D eigenvalue weighted by Crippen LogP contribution is -2.26. The first-order valence-corrected chi connectivity index (χ1v) is 11.4. The third-order valence-electron chi connectivity index (χ3n) is 5.77. The van der Waals surface area contributed by atoms with Gasteiger partial charge in [-0.3, -0.25) is 0 Å². The molecule has 2 aliphatic rings. The van der Waals surface area contributed by atoms with Crippen molar-refractivity contribution in [2.24, 2.45) is 0 Å². The van der Waals surface area contributed by atoms with E-state index >= 15 is 0 Å². The largest absolute Gasteiger partial charge is 0.458 e. The minimum atomic E-state index is -3.22. The van der Waals surface area contributed by atoms with Gasteiger partial charge in [0.2, 0.25) is 0 Å². The number of fused-ring (bicyclic) bond motifs is 2. The summed E-state index contributed by atoms with van der Waals surface area (Å²) in [5.41, 5.74) is 4.74. The Balaban J connectivity index is 0.00000205. The van der Waals surface area contributed by atoms with E-state index in [0.29, 0.717) is 16.4 Å². The number of benzene rings is 1. The Bertz CT molecular complexity index is 1160. The topological polar surface area (TPSA) is 88.3 Å². The molecule has 29 heavy (non-hydrogen) atoms. The van der Waals surface area contributed by atoms with Gasteiger partial charge >= 0.3 is 0 Å². The molecule has 1 N–H and O–H groups in total. The number of sulfone groups is 1. The Morgan fingerprint density at radius 2 is 2.00 bits per heavy atom. The second-order valence-electron chi connectivity index (χ2n) is 7.55. The first kappa shape index (κ1) is 20.1. The molecule has 2 aromatic heterocycles. The number of anilines is 2. The van der Waals surface area contributed by atoms with Crippen LogP contribution < -0.4 is 10.2 Å². The van der Waals surface area contributed by atoms with Gasteiger partial charge in [0.15, 0.2) is 21.2 Å². The lowest BCUT2D eigenvalue weighted by atomic mass is 9.91. The zero-order valence-corrected chi connectivity index (χ0v) is 17.7. The SMILES string of the molecule is CS(=O)(=O)c1ccc2c(c1)CCN2c1ncnc2c(C3CCNCC3)coc12.Cl. The third-order valence-corrected chi connectivity index (χ3v) is 6.88. The number of nitrogens with one attached hydrogen (secondary N) is 1. The summed E-state index contributed by atoms with van der Waals surface area (Å²) in [7, 11) is -3.22. The van der Waals surface area contributed by atoms with Gasteiger partial charge in [0.25, 0.3) is 0 Å². The first-order chi connectivity index (χ1) is 13.5. The molecule has 0 bridgehead atoms. The van der Waals surface area contributed by atoms with Gasteiger partial charge in [0.05, 0.1) is 11.2 Å². The molecule has 0 atom stereocenters. The van der Waals surface area contributed by atoms with Crippen LogP contribution in [0.1, 0.15) is 29.9 Å². The Morgan fingerprint density at radius 3 is 2.76 bits per heavy atom. The van der Waals surface area contributed by atoms with Crippen LogP contribution in [-0.2, 0) is 16.3 Å². The van der Waals surface area contributed by atoms with Crippen molar-refractivity contribution in [1.29, 1.82) is 0 Å². The van der Waals surface area contributed by atoms with Crippen molar-refractivity contribution in [3.63, 3.8) is 0 Å². The number of halogens is 1. The van der Waals surface area contributed by atoms with Gasteiger partial charge in [-0.1, -0.05) is 0 Å². The highest BCUT2D eigenvalue weighted by molar-refractivity contribution is 7.90. The van der Waals surface area contributed by atoms with E-state index in [2.05, 4.69) is 20.2 Å². The standard InChI is InChI=1S/C20H22N4O3S.ClH/c1-28(25,26)15-2-3-17-14(10-15)6-9-24(17)20-19-18(22-12-23-20)16(11-27-19)13-4-7-21-8-5-13;/h2-3,10-13,21H,4-9H2,1H3;1H. The fourth-order valence-corrected chi connectivity index (χ4v) is 4.97. The lowest BCUT2D eigenvalue weighted by Gasteiger charge is -2.21. The average Bonchev–Trinajstić information content (AvgIpc) is 3.31. The van der Waals surface area contributed by atoms with Gasteiger partial charge in [0.1, 0.15) is 11.8 Å². The van der Waals surface area contributed by atoms with Crippen molar-refractivity contribution in [2.75, 3.05) is 30.8 Å². The third kappa shape index (κ3) is 3.49. The molecule has 1 fully saturated rings. The summed E-state index contributed by atoms with van der Waals surface area (Å²) in [4.78, 5) is 11.5. The molecule has 3 aromatic rings. The van der Waals surface area contributed by atoms with Crippen molar-refractivity contribution in [1.82, 2.24) is 15.3 Å². The fourth-order valence-electron chi connectivity index (χ4n) is 4.30. The molecule has 0 amide bonds. The normalized spacial score (nSPS) is 17.3. The molecule has 0 aliphatic carbocycles. The average molecular weight is 435 g/mol. The monoisotopic (exact) mass is 434 g/mol. The highest BCUT2D eigenvalue weighted by Gasteiger charge is 2.28. The van der Waals surface area contributed by atoms with E-state index in [1.54, 1.807) is 18.5 Å². The molecule has 0 unspecified atom stereocenters. The molecule has 0 saturated carbocycles. The molecule has 7 nitrogen and oxygen atoms in total. The summed E-state index contributed by atoms with van der Waals surface area (Å²) in [6, 6.07) is 5.29. The Kier molecular flexibility index (Phi) is 5.27. The Labute approximate surface area is 175 Å². The van der Waals surface area contributed by atoms with Crippen LogP contribution in [0.2, 0.25) is 0 Å².